The Morgan fingerprint density at radius 1 is 1.05 bits per heavy atom. The fourth-order valence-corrected chi connectivity index (χ4v) is 2.70. The Kier molecular flexibility index (Phi) is 4.84. The number of aromatic nitrogens is 3. The average molecular weight is 305 g/mol. The highest BCUT2D eigenvalue weighted by Gasteiger charge is 2.20. The van der Waals surface area contributed by atoms with Crippen LogP contribution in [0.15, 0.2) is 15.1 Å². The molecule has 3 heterocycles. The summed E-state index contributed by atoms with van der Waals surface area (Å²) in [6.07, 6.45) is 1.92. The normalized spacial score (nSPS) is 17.2. The predicted molar refractivity (Wildman–Crippen MR) is 80.1 cm³/mol. The van der Waals surface area contributed by atoms with Gasteiger partial charge in [0.2, 0.25) is 5.89 Å². The van der Waals surface area contributed by atoms with Crippen LogP contribution in [-0.4, -0.2) is 51.3 Å². The van der Waals surface area contributed by atoms with Crippen molar-refractivity contribution in [2.75, 3.05) is 26.2 Å². The van der Waals surface area contributed by atoms with Crippen molar-refractivity contribution in [1.82, 2.24) is 25.1 Å². The van der Waals surface area contributed by atoms with Crippen LogP contribution in [0.5, 0.6) is 0 Å². The molecule has 1 aliphatic heterocycles. The largest absolute Gasteiger partial charge is 0.361 e. The van der Waals surface area contributed by atoms with E-state index in [0.29, 0.717) is 0 Å². The number of rotatable bonds is 6. The molecule has 0 unspecified atom stereocenters. The van der Waals surface area contributed by atoms with E-state index >= 15 is 0 Å². The van der Waals surface area contributed by atoms with Crippen molar-refractivity contribution in [2.45, 2.75) is 39.8 Å². The summed E-state index contributed by atoms with van der Waals surface area (Å²) < 4.78 is 10.4. The van der Waals surface area contributed by atoms with Crippen molar-refractivity contribution in [3.05, 3.63) is 29.2 Å². The maximum absolute atomic E-state index is 5.31. The standard InChI is InChI=1S/C15H23N5O2/c1-3-4-14-16-15(22-18-14)11-20-7-5-19(6-8-20)10-13-9-12(2)21-17-13/h9H,3-8,10-11H2,1-2H3. The Morgan fingerprint density at radius 2 is 1.77 bits per heavy atom. The average Bonchev–Trinajstić information content (AvgIpc) is 3.11. The first-order valence-corrected chi connectivity index (χ1v) is 7.91. The van der Waals surface area contributed by atoms with Crippen LogP contribution in [0.25, 0.3) is 0 Å². The molecule has 22 heavy (non-hydrogen) atoms. The Balaban J connectivity index is 1.44. The molecule has 7 heteroatoms. The molecule has 1 fully saturated rings. The second-order valence-corrected chi connectivity index (χ2v) is 5.84. The van der Waals surface area contributed by atoms with Gasteiger partial charge in [0.1, 0.15) is 5.76 Å². The van der Waals surface area contributed by atoms with Gasteiger partial charge in [-0.25, -0.2) is 0 Å². The number of piperazine rings is 1. The minimum absolute atomic E-state index is 0.726. The second-order valence-electron chi connectivity index (χ2n) is 5.84. The molecule has 2 aromatic rings. The second kappa shape index (κ2) is 7.02. The van der Waals surface area contributed by atoms with E-state index in [2.05, 4.69) is 32.0 Å². The molecule has 0 amide bonds. The van der Waals surface area contributed by atoms with Gasteiger partial charge < -0.3 is 9.05 Å². The van der Waals surface area contributed by atoms with Crippen LogP contribution >= 0.6 is 0 Å². The van der Waals surface area contributed by atoms with Crippen molar-refractivity contribution < 1.29 is 9.05 Å². The summed E-state index contributed by atoms with van der Waals surface area (Å²) >= 11 is 0. The molecule has 0 aromatic carbocycles. The van der Waals surface area contributed by atoms with Gasteiger partial charge in [0.25, 0.3) is 0 Å². The van der Waals surface area contributed by atoms with Gasteiger partial charge in [-0.2, -0.15) is 4.98 Å². The van der Waals surface area contributed by atoms with Gasteiger partial charge in [-0.05, 0) is 13.3 Å². The summed E-state index contributed by atoms with van der Waals surface area (Å²) in [4.78, 5) is 9.18. The van der Waals surface area contributed by atoms with Crippen LogP contribution in [0.2, 0.25) is 0 Å². The van der Waals surface area contributed by atoms with Crippen molar-refractivity contribution in [3.8, 4) is 0 Å². The first-order valence-electron chi connectivity index (χ1n) is 7.91. The zero-order chi connectivity index (χ0) is 15.4. The molecule has 0 bridgehead atoms. The van der Waals surface area contributed by atoms with E-state index in [1.165, 1.54) is 0 Å². The van der Waals surface area contributed by atoms with Gasteiger partial charge in [0, 0.05) is 45.2 Å². The predicted octanol–water partition coefficient (Wildman–Crippen LogP) is 1.64. The molecule has 7 nitrogen and oxygen atoms in total. The lowest BCUT2D eigenvalue weighted by Gasteiger charge is -2.33. The molecule has 0 aliphatic carbocycles. The number of nitrogens with zero attached hydrogens (tertiary/aromatic N) is 5. The van der Waals surface area contributed by atoms with E-state index in [4.69, 9.17) is 9.05 Å². The fourth-order valence-electron chi connectivity index (χ4n) is 2.70. The van der Waals surface area contributed by atoms with Gasteiger partial charge in [0.05, 0.1) is 12.2 Å². The first-order chi connectivity index (χ1) is 10.7. The minimum atomic E-state index is 0.726. The maximum Gasteiger partial charge on any atom is 0.240 e. The lowest BCUT2D eigenvalue weighted by molar-refractivity contribution is 0.110. The highest BCUT2D eigenvalue weighted by atomic mass is 16.5. The van der Waals surface area contributed by atoms with Gasteiger partial charge in [0.15, 0.2) is 5.82 Å². The molecule has 1 aliphatic rings. The molecule has 2 aromatic heterocycles. The topological polar surface area (TPSA) is 71.4 Å². The van der Waals surface area contributed by atoms with Crippen molar-refractivity contribution >= 4 is 0 Å². The van der Waals surface area contributed by atoms with Crippen LogP contribution in [0.4, 0.5) is 0 Å². The Bertz CT molecular complexity index is 586. The number of aryl methyl sites for hydroxylation is 2. The minimum Gasteiger partial charge on any atom is -0.361 e. The summed E-state index contributed by atoms with van der Waals surface area (Å²) in [6.45, 7) is 9.67. The van der Waals surface area contributed by atoms with Gasteiger partial charge >= 0.3 is 0 Å². The highest BCUT2D eigenvalue weighted by molar-refractivity contribution is 5.03. The van der Waals surface area contributed by atoms with Gasteiger partial charge in [-0.3, -0.25) is 9.80 Å². The summed E-state index contributed by atoms with van der Waals surface area (Å²) in [5.74, 6) is 2.41. The lowest BCUT2D eigenvalue weighted by Crippen LogP contribution is -2.45. The monoisotopic (exact) mass is 305 g/mol. The Morgan fingerprint density at radius 3 is 2.41 bits per heavy atom. The quantitative estimate of drug-likeness (QED) is 0.803. The first kappa shape index (κ1) is 15.2. The molecule has 0 spiro atoms. The van der Waals surface area contributed by atoms with Crippen molar-refractivity contribution in [2.24, 2.45) is 0 Å². The van der Waals surface area contributed by atoms with Crippen molar-refractivity contribution in [1.29, 1.82) is 0 Å². The number of hydrogen-bond acceptors (Lipinski definition) is 7. The van der Waals surface area contributed by atoms with Gasteiger partial charge in [-0.15, -0.1) is 0 Å². The molecular formula is C15H23N5O2. The molecule has 0 radical (unpaired) electrons. The van der Waals surface area contributed by atoms with Crippen molar-refractivity contribution in [3.63, 3.8) is 0 Å². The summed E-state index contributed by atoms with van der Waals surface area (Å²) in [5, 5.41) is 8.06. The molecule has 0 atom stereocenters. The highest BCUT2D eigenvalue weighted by Crippen LogP contribution is 2.11. The lowest BCUT2D eigenvalue weighted by atomic mass is 10.3. The van der Waals surface area contributed by atoms with E-state index < -0.39 is 0 Å². The van der Waals surface area contributed by atoms with Crippen LogP contribution in [0, 0.1) is 6.92 Å². The number of hydrogen-bond donors (Lipinski definition) is 0. The van der Waals surface area contributed by atoms with E-state index in [-0.39, 0.29) is 0 Å². The third kappa shape index (κ3) is 3.92. The van der Waals surface area contributed by atoms with Crippen LogP contribution in [-0.2, 0) is 19.5 Å². The summed E-state index contributed by atoms with van der Waals surface area (Å²) in [7, 11) is 0. The van der Waals surface area contributed by atoms with E-state index in [9.17, 15) is 0 Å². The van der Waals surface area contributed by atoms with E-state index in [0.717, 1.165) is 75.3 Å². The fraction of sp³-hybridized carbons (Fsp3) is 0.667. The van der Waals surface area contributed by atoms with Crippen LogP contribution in [0.3, 0.4) is 0 Å². The smallest absolute Gasteiger partial charge is 0.240 e. The Hall–Kier alpha value is -1.73. The SMILES string of the molecule is CCCc1noc(CN2CCN(Cc3cc(C)on3)CC2)n1. The van der Waals surface area contributed by atoms with E-state index in [1.54, 1.807) is 0 Å². The van der Waals surface area contributed by atoms with E-state index in [1.807, 2.05) is 13.0 Å². The molecular weight excluding hydrogens is 282 g/mol. The third-order valence-electron chi connectivity index (χ3n) is 3.87. The maximum atomic E-state index is 5.31. The van der Waals surface area contributed by atoms with Crippen LogP contribution in [0.1, 0.15) is 36.5 Å². The molecule has 0 saturated carbocycles. The molecule has 1 saturated heterocycles. The third-order valence-corrected chi connectivity index (χ3v) is 3.87. The zero-order valence-corrected chi connectivity index (χ0v) is 13.3. The van der Waals surface area contributed by atoms with Crippen LogP contribution < -0.4 is 0 Å². The molecule has 3 rings (SSSR count). The molecule has 120 valence electrons. The summed E-state index contributed by atoms with van der Waals surface area (Å²) in [5.41, 5.74) is 1.01. The summed E-state index contributed by atoms with van der Waals surface area (Å²) in [6, 6.07) is 2.00. The zero-order valence-electron chi connectivity index (χ0n) is 13.3. The molecule has 0 N–H and O–H groups in total. The van der Waals surface area contributed by atoms with Gasteiger partial charge in [-0.1, -0.05) is 17.2 Å². The Labute approximate surface area is 130 Å².